The molecule has 0 radical (unpaired) electrons. The van der Waals surface area contributed by atoms with Gasteiger partial charge in [0.15, 0.2) is 6.10 Å². The third-order valence-corrected chi connectivity index (χ3v) is 2.73. The van der Waals surface area contributed by atoms with Gasteiger partial charge in [-0.1, -0.05) is 18.2 Å². The summed E-state index contributed by atoms with van der Waals surface area (Å²) in [5.41, 5.74) is 1.99. The maximum Gasteiger partial charge on any atom is 0.347 e. The summed E-state index contributed by atoms with van der Waals surface area (Å²) in [6.45, 7) is 5.65. The fraction of sp³-hybridized carbons (Fsp3) is 0.357. The summed E-state index contributed by atoms with van der Waals surface area (Å²) in [7, 11) is 0. The summed E-state index contributed by atoms with van der Waals surface area (Å²) >= 11 is 0. The lowest BCUT2D eigenvalue weighted by Gasteiger charge is -2.09. The average molecular weight is 275 g/mol. The van der Waals surface area contributed by atoms with Gasteiger partial charge in [0.1, 0.15) is 6.33 Å². The fourth-order valence-electron chi connectivity index (χ4n) is 1.70. The number of esters is 1. The van der Waals surface area contributed by atoms with Gasteiger partial charge in [-0.25, -0.2) is 9.48 Å². The van der Waals surface area contributed by atoms with Crippen LogP contribution in [0.4, 0.5) is 0 Å². The Labute approximate surface area is 117 Å². The van der Waals surface area contributed by atoms with Gasteiger partial charge in [-0.3, -0.25) is 0 Å². The Bertz CT molecular complexity index is 595. The van der Waals surface area contributed by atoms with Crippen molar-refractivity contribution < 1.29 is 14.3 Å². The molecule has 1 unspecified atom stereocenters. The summed E-state index contributed by atoms with van der Waals surface area (Å²) < 4.78 is 11.8. The molecule has 0 spiro atoms. The molecule has 1 aromatic carbocycles. The van der Waals surface area contributed by atoms with E-state index in [1.807, 2.05) is 31.2 Å². The molecule has 2 aromatic rings. The third-order valence-electron chi connectivity index (χ3n) is 2.73. The second-order valence-corrected chi connectivity index (χ2v) is 4.27. The number of aryl methyl sites for hydroxylation is 1. The molecule has 1 heterocycles. The average Bonchev–Trinajstić information content (AvgIpc) is 2.87. The van der Waals surface area contributed by atoms with Gasteiger partial charge in [0.05, 0.1) is 12.3 Å². The summed E-state index contributed by atoms with van der Waals surface area (Å²) in [6.07, 6.45) is 0.817. The highest BCUT2D eigenvalue weighted by Crippen LogP contribution is 2.14. The van der Waals surface area contributed by atoms with Crippen LogP contribution in [0.15, 0.2) is 30.6 Å². The molecule has 20 heavy (non-hydrogen) atoms. The van der Waals surface area contributed by atoms with Gasteiger partial charge in [0.2, 0.25) is 0 Å². The normalized spacial score (nSPS) is 11.9. The minimum absolute atomic E-state index is 0.147. The van der Waals surface area contributed by atoms with Crippen LogP contribution in [-0.4, -0.2) is 33.4 Å². The van der Waals surface area contributed by atoms with Gasteiger partial charge in [0.25, 0.3) is 0 Å². The van der Waals surface area contributed by atoms with Crippen molar-refractivity contribution in [3.63, 3.8) is 0 Å². The van der Waals surface area contributed by atoms with Crippen molar-refractivity contribution in [2.24, 2.45) is 0 Å². The molecular formula is C14H17N3O3. The molecule has 2 rings (SSSR count). The number of carbonyl (C=O) groups excluding carboxylic acids is 1. The first-order chi connectivity index (χ1) is 9.61. The highest BCUT2D eigenvalue weighted by Gasteiger charge is 2.18. The van der Waals surface area contributed by atoms with Crippen LogP contribution in [-0.2, 0) is 9.53 Å². The molecule has 6 heteroatoms. The smallest absolute Gasteiger partial charge is 0.347 e. The van der Waals surface area contributed by atoms with E-state index in [4.69, 9.17) is 9.47 Å². The molecule has 0 fully saturated rings. The molecule has 0 aliphatic carbocycles. The van der Waals surface area contributed by atoms with E-state index in [1.54, 1.807) is 24.9 Å². The van der Waals surface area contributed by atoms with E-state index in [0.717, 1.165) is 11.3 Å². The number of hydrogen-bond donors (Lipinski definition) is 0. The Balaban J connectivity index is 2.10. The lowest BCUT2D eigenvalue weighted by Crippen LogP contribution is -2.26. The van der Waals surface area contributed by atoms with Gasteiger partial charge in [0, 0.05) is 0 Å². The zero-order valence-electron chi connectivity index (χ0n) is 11.7. The van der Waals surface area contributed by atoms with Gasteiger partial charge in [-0.2, -0.15) is 4.98 Å². The molecule has 1 aromatic heterocycles. The van der Waals surface area contributed by atoms with Crippen LogP contribution in [0.3, 0.4) is 0 Å². The van der Waals surface area contributed by atoms with Crippen molar-refractivity contribution in [3.8, 4) is 11.7 Å². The molecule has 0 N–H and O–H groups in total. The van der Waals surface area contributed by atoms with Crippen LogP contribution in [0.2, 0.25) is 0 Å². The van der Waals surface area contributed by atoms with Crippen LogP contribution < -0.4 is 4.74 Å². The number of aromatic nitrogens is 3. The van der Waals surface area contributed by atoms with Crippen LogP contribution >= 0.6 is 0 Å². The topological polar surface area (TPSA) is 66.2 Å². The van der Waals surface area contributed by atoms with E-state index < -0.39 is 12.1 Å². The lowest BCUT2D eigenvalue weighted by atomic mass is 10.2. The van der Waals surface area contributed by atoms with Crippen molar-refractivity contribution in [1.82, 2.24) is 14.8 Å². The Kier molecular flexibility index (Phi) is 4.34. The number of para-hydroxylation sites is 1. The molecule has 1 atom stereocenters. The molecule has 0 saturated heterocycles. The molecule has 0 aliphatic heterocycles. The molecule has 0 saturated carbocycles. The molecule has 0 amide bonds. The molecule has 106 valence electrons. The number of nitrogens with zero attached hydrogens (tertiary/aromatic N) is 3. The van der Waals surface area contributed by atoms with Crippen LogP contribution in [0.25, 0.3) is 5.69 Å². The predicted molar refractivity (Wildman–Crippen MR) is 72.8 cm³/mol. The zero-order chi connectivity index (χ0) is 14.5. The van der Waals surface area contributed by atoms with Crippen molar-refractivity contribution >= 4 is 5.97 Å². The Morgan fingerprint density at radius 1 is 1.40 bits per heavy atom. The van der Waals surface area contributed by atoms with E-state index in [-0.39, 0.29) is 6.01 Å². The Hall–Kier alpha value is -2.37. The highest BCUT2D eigenvalue weighted by atomic mass is 16.6. The minimum atomic E-state index is -0.734. The Morgan fingerprint density at radius 3 is 2.85 bits per heavy atom. The van der Waals surface area contributed by atoms with Gasteiger partial charge in [-0.15, -0.1) is 5.10 Å². The van der Waals surface area contributed by atoms with Crippen molar-refractivity contribution in [1.29, 1.82) is 0 Å². The van der Waals surface area contributed by atoms with Crippen LogP contribution in [0, 0.1) is 6.92 Å². The van der Waals surface area contributed by atoms with Crippen molar-refractivity contribution in [3.05, 3.63) is 36.2 Å². The third kappa shape index (κ3) is 3.14. The monoisotopic (exact) mass is 275 g/mol. The first kappa shape index (κ1) is 14.0. The molecular weight excluding hydrogens is 258 g/mol. The second-order valence-electron chi connectivity index (χ2n) is 4.27. The number of hydrogen-bond acceptors (Lipinski definition) is 5. The highest BCUT2D eigenvalue weighted by molar-refractivity contribution is 5.74. The first-order valence-corrected chi connectivity index (χ1v) is 6.42. The maximum atomic E-state index is 11.5. The number of carbonyl (C=O) groups is 1. The van der Waals surface area contributed by atoms with E-state index in [2.05, 4.69) is 10.1 Å². The van der Waals surface area contributed by atoms with E-state index in [1.165, 1.54) is 0 Å². The zero-order valence-corrected chi connectivity index (χ0v) is 11.7. The SMILES string of the molecule is CCOC(=O)C(C)Oc1ncn(-c2ccccc2C)n1. The van der Waals surface area contributed by atoms with E-state index in [9.17, 15) is 4.79 Å². The van der Waals surface area contributed by atoms with Crippen molar-refractivity contribution in [2.75, 3.05) is 6.61 Å². The Morgan fingerprint density at radius 2 is 2.15 bits per heavy atom. The van der Waals surface area contributed by atoms with E-state index >= 15 is 0 Å². The van der Waals surface area contributed by atoms with Crippen molar-refractivity contribution in [2.45, 2.75) is 26.9 Å². The molecule has 6 nitrogen and oxygen atoms in total. The number of ether oxygens (including phenoxy) is 2. The van der Waals surface area contributed by atoms with Gasteiger partial charge >= 0.3 is 12.0 Å². The second kappa shape index (κ2) is 6.18. The van der Waals surface area contributed by atoms with Crippen LogP contribution in [0.5, 0.6) is 6.01 Å². The summed E-state index contributed by atoms with van der Waals surface area (Å²) in [6, 6.07) is 7.94. The number of rotatable bonds is 5. The lowest BCUT2D eigenvalue weighted by molar-refractivity contribution is -0.150. The molecule has 0 bridgehead atoms. The summed E-state index contributed by atoms with van der Waals surface area (Å²) in [5, 5.41) is 4.20. The summed E-state index contributed by atoms with van der Waals surface area (Å²) in [4.78, 5) is 15.5. The first-order valence-electron chi connectivity index (χ1n) is 6.42. The van der Waals surface area contributed by atoms with Crippen LogP contribution in [0.1, 0.15) is 19.4 Å². The van der Waals surface area contributed by atoms with E-state index in [0.29, 0.717) is 6.61 Å². The summed E-state index contributed by atoms with van der Waals surface area (Å²) in [5.74, 6) is -0.431. The minimum Gasteiger partial charge on any atom is -0.463 e. The number of benzene rings is 1. The maximum absolute atomic E-state index is 11.5. The standard InChI is InChI=1S/C14H17N3O3/c1-4-19-13(18)11(3)20-14-15-9-17(16-14)12-8-6-5-7-10(12)2/h5-9,11H,4H2,1-3H3. The molecule has 0 aliphatic rings. The quantitative estimate of drug-likeness (QED) is 0.780. The largest absolute Gasteiger partial charge is 0.463 e. The van der Waals surface area contributed by atoms with Gasteiger partial charge in [-0.05, 0) is 32.4 Å². The fourth-order valence-corrected chi connectivity index (χ4v) is 1.70. The predicted octanol–water partition coefficient (Wildman–Crippen LogP) is 1.91. The van der Waals surface area contributed by atoms with Gasteiger partial charge < -0.3 is 9.47 Å².